The Kier molecular flexibility index (Phi) is 3.14. The van der Waals surface area contributed by atoms with Crippen molar-refractivity contribution in [2.45, 2.75) is 45.3 Å². The van der Waals surface area contributed by atoms with E-state index < -0.39 is 5.60 Å². The van der Waals surface area contributed by atoms with Gasteiger partial charge in [-0.3, -0.25) is 0 Å². The topological polar surface area (TPSA) is 23.5 Å². The van der Waals surface area contributed by atoms with Crippen LogP contribution in [0.3, 0.4) is 0 Å². The minimum atomic E-state index is -0.551. The van der Waals surface area contributed by atoms with Crippen LogP contribution in [0, 0.1) is 0 Å². The molecule has 0 aromatic carbocycles. The number of piperidine rings is 1. The molecule has 0 aromatic rings. The molecule has 2 atom stereocenters. The molecule has 0 saturated carbocycles. The van der Waals surface area contributed by atoms with Gasteiger partial charge in [-0.05, 0) is 40.7 Å². The Hall–Kier alpha value is -0.340. The number of rotatable bonds is 1. The average Bonchev–Trinajstić information content (AvgIpc) is 1.96. The molecule has 13 heavy (non-hydrogen) atoms. The molecular weight excluding hydrogens is 162 g/mol. The Balaban J connectivity index is 2.67. The minimum absolute atomic E-state index is 0.481. The second-order valence-electron chi connectivity index (χ2n) is 4.61. The molecule has 1 heterocycles. The first-order valence-electron chi connectivity index (χ1n) is 5.02. The quantitative estimate of drug-likeness (QED) is 0.627. The zero-order valence-corrected chi connectivity index (χ0v) is 9.17. The highest BCUT2D eigenvalue weighted by molar-refractivity contribution is 5.09. The molecule has 0 aliphatic carbocycles. The van der Waals surface area contributed by atoms with Gasteiger partial charge in [0.2, 0.25) is 0 Å². The van der Waals surface area contributed by atoms with Gasteiger partial charge in [0.05, 0.1) is 5.60 Å². The molecule has 1 fully saturated rings. The van der Waals surface area contributed by atoms with Crippen LogP contribution in [0.25, 0.3) is 0 Å². The summed E-state index contributed by atoms with van der Waals surface area (Å²) in [5.41, 5.74) is 0.657. The fraction of sp³-hybridized carbons (Fsp3) is 0.818. The highest BCUT2D eigenvalue weighted by Crippen LogP contribution is 2.27. The van der Waals surface area contributed by atoms with Crippen molar-refractivity contribution < 1.29 is 5.11 Å². The van der Waals surface area contributed by atoms with Gasteiger partial charge < -0.3 is 10.0 Å². The van der Waals surface area contributed by atoms with Crippen LogP contribution in [0.15, 0.2) is 11.6 Å². The molecule has 1 rings (SSSR count). The second kappa shape index (κ2) is 3.81. The molecule has 76 valence electrons. The molecule has 1 N–H and O–H groups in total. The van der Waals surface area contributed by atoms with Crippen LogP contribution in [-0.2, 0) is 0 Å². The molecule has 2 nitrogen and oxygen atoms in total. The van der Waals surface area contributed by atoms with Crippen molar-refractivity contribution in [1.82, 2.24) is 4.90 Å². The molecule has 2 unspecified atom stereocenters. The summed E-state index contributed by atoms with van der Waals surface area (Å²) in [4.78, 5) is 2.30. The van der Waals surface area contributed by atoms with Crippen LogP contribution in [0.1, 0.15) is 33.6 Å². The monoisotopic (exact) mass is 183 g/mol. The second-order valence-corrected chi connectivity index (χ2v) is 4.61. The molecular formula is C11H21NO. The SMILES string of the molecule is CC(C)=CC1(O)CCN(C)C(C)C1. The van der Waals surface area contributed by atoms with E-state index in [1.54, 1.807) is 0 Å². The van der Waals surface area contributed by atoms with Gasteiger partial charge in [-0.15, -0.1) is 0 Å². The third kappa shape index (κ3) is 2.82. The third-order valence-corrected chi connectivity index (χ3v) is 2.86. The van der Waals surface area contributed by atoms with Crippen molar-refractivity contribution in [2.75, 3.05) is 13.6 Å². The number of hydrogen-bond donors (Lipinski definition) is 1. The minimum Gasteiger partial charge on any atom is -0.386 e. The zero-order valence-electron chi connectivity index (χ0n) is 9.17. The predicted octanol–water partition coefficient (Wildman–Crippen LogP) is 1.80. The summed E-state index contributed by atoms with van der Waals surface area (Å²) >= 11 is 0. The molecule has 0 amide bonds. The fourth-order valence-corrected chi connectivity index (χ4v) is 2.03. The Bertz CT molecular complexity index is 208. The zero-order chi connectivity index (χ0) is 10.1. The number of allylic oxidation sites excluding steroid dienone is 1. The molecule has 1 aliphatic heterocycles. The standard InChI is InChI=1S/C11H21NO/c1-9(2)7-11(13)5-6-12(4)10(3)8-11/h7,10,13H,5-6,8H2,1-4H3. The lowest BCUT2D eigenvalue weighted by atomic mass is 9.86. The predicted molar refractivity (Wildman–Crippen MR) is 55.7 cm³/mol. The highest BCUT2D eigenvalue weighted by Gasteiger charge is 2.32. The number of aliphatic hydroxyl groups is 1. The van der Waals surface area contributed by atoms with Gasteiger partial charge in [-0.25, -0.2) is 0 Å². The molecule has 0 spiro atoms. The van der Waals surface area contributed by atoms with E-state index in [9.17, 15) is 5.11 Å². The number of hydrogen-bond acceptors (Lipinski definition) is 2. The number of likely N-dealkylation sites (tertiary alicyclic amines) is 1. The van der Waals surface area contributed by atoms with Crippen LogP contribution in [0.2, 0.25) is 0 Å². The molecule has 1 saturated heterocycles. The Morgan fingerprint density at radius 2 is 2.15 bits per heavy atom. The van der Waals surface area contributed by atoms with E-state index >= 15 is 0 Å². The first kappa shape index (κ1) is 10.7. The van der Waals surface area contributed by atoms with Gasteiger partial charge in [-0.1, -0.05) is 11.6 Å². The van der Waals surface area contributed by atoms with E-state index in [0.29, 0.717) is 6.04 Å². The van der Waals surface area contributed by atoms with Crippen LogP contribution in [-0.4, -0.2) is 35.2 Å². The Morgan fingerprint density at radius 1 is 1.54 bits per heavy atom. The van der Waals surface area contributed by atoms with E-state index in [1.165, 1.54) is 5.57 Å². The molecule has 1 aliphatic rings. The van der Waals surface area contributed by atoms with E-state index in [0.717, 1.165) is 19.4 Å². The maximum absolute atomic E-state index is 10.2. The van der Waals surface area contributed by atoms with Crippen molar-refractivity contribution in [2.24, 2.45) is 0 Å². The lowest BCUT2D eigenvalue weighted by Crippen LogP contribution is -2.46. The van der Waals surface area contributed by atoms with E-state index in [2.05, 4.69) is 18.9 Å². The van der Waals surface area contributed by atoms with Crippen molar-refractivity contribution in [3.8, 4) is 0 Å². The van der Waals surface area contributed by atoms with Crippen molar-refractivity contribution in [1.29, 1.82) is 0 Å². The lowest BCUT2D eigenvalue weighted by molar-refractivity contribution is 0.00168. The third-order valence-electron chi connectivity index (χ3n) is 2.86. The van der Waals surface area contributed by atoms with Gasteiger partial charge >= 0.3 is 0 Å². The maximum atomic E-state index is 10.2. The molecule has 2 heteroatoms. The smallest absolute Gasteiger partial charge is 0.0857 e. The normalized spacial score (nSPS) is 35.9. The molecule has 0 radical (unpaired) electrons. The van der Waals surface area contributed by atoms with Crippen molar-refractivity contribution in [3.63, 3.8) is 0 Å². The summed E-state index contributed by atoms with van der Waals surface area (Å²) in [7, 11) is 2.12. The summed E-state index contributed by atoms with van der Waals surface area (Å²) in [5, 5.41) is 10.2. The van der Waals surface area contributed by atoms with E-state index in [4.69, 9.17) is 0 Å². The first-order valence-corrected chi connectivity index (χ1v) is 5.02. The summed E-state index contributed by atoms with van der Waals surface area (Å²) in [6, 6.07) is 0.481. The summed E-state index contributed by atoms with van der Waals surface area (Å²) < 4.78 is 0. The van der Waals surface area contributed by atoms with E-state index in [1.807, 2.05) is 19.9 Å². The average molecular weight is 183 g/mol. The Morgan fingerprint density at radius 3 is 2.62 bits per heavy atom. The van der Waals surface area contributed by atoms with Crippen LogP contribution < -0.4 is 0 Å². The van der Waals surface area contributed by atoms with Gasteiger partial charge in [-0.2, -0.15) is 0 Å². The van der Waals surface area contributed by atoms with Gasteiger partial charge in [0.1, 0.15) is 0 Å². The van der Waals surface area contributed by atoms with Crippen LogP contribution >= 0.6 is 0 Å². The van der Waals surface area contributed by atoms with Crippen molar-refractivity contribution in [3.05, 3.63) is 11.6 Å². The number of nitrogens with zero attached hydrogens (tertiary/aromatic N) is 1. The summed E-state index contributed by atoms with van der Waals surface area (Å²) in [6.45, 7) is 7.24. The maximum Gasteiger partial charge on any atom is 0.0857 e. The van der Waals surface area contributed by atoms with Crippen LogP contribution in [0.5, 0.6) is 0 Å². The lowest BCUT2D eigenvalue weighted by Gasteiger charge is -2.39. The van der Waals surface area contributed by atoms with Gasteiger partial charge in [0.25, 0.3) is 0 Å². The molecule has 0 bridgehead atoms. The highest BCUT2D eigenvalue weighted by atomic mass is 16.3. The first-order chi connectivity index (χ1) is 5.93. The van der Waals surface area contributed by atoms with Crippen molar-refractivity contribution >= 4 is 0 Å². The van der Waals surface area contributed by atoms with Crippen LogP contribution in [0.4, 0.5) is 0 Å². The summed E-state index contributed by atoms with van der Waals surface area (Å²) in [6.07, 6.45) is 3.73. The van der Waals surface area contributed by atoms with E-state index in [-0.39, 0.29) is 0 Å². The Labute approximate surface area is 81.2 Å². The summed E-state index contributed by atoms with van der Waals surface area (Å²) in [5.74, 6) is 0. The largest absolute Gasteiger partial charge is 0.386 e. The van der Waals surface area contributed by atoms with Gasteiger partial charge in [0.15, 0.2) is 0 Å². The van der Waals surface area contributed by atoms with Gasteiger partial charge in [0, 0.05) is 12.6 Å². The fourth-order valence-electron chi connectivity index (χ4n) is 2.03. The molecule has 0 aromatic heterocycles.